The van der Waals surface area contributed by atoms with Crippen LogP contribution in [0.2, 0.25) is 0 Å². The van der Waals surface area contributed by atoms with Crippen molar-refractivity contribution in [1.29, 1.82) is 0 Å². The van der Waals surface area contributed by atoms with Gasteiger partial charge in [0.2, 0.25) is 20.0 Å². The van der Waals surface area contributed by atoms with Gasteiger partial charge in [-0.2, -0.15) is 0 Å². The lowest BCUT2D eigenvalue weighted by atomic mass is 10.3. The molecular weight excluding hydrogens is 324 g/mol. The van der Waals surface area contributed by atoms with Gasteiger partial charge in [0.05, 0.1) is 10.6 Å². The third-order valence-electron chi connectivity index (χ3n) is 2.43. The minimum absolute atomic E-state index is 0.0278. The average molecular weight is 341 g/mol. The van der Waals surface area contributed by atoms with E-state index in [2.05, 4.69) is 4.72 Å². The molecular formula is C11H17ClN2O4S2. The van der Waals surface area contributed by atoms with Crippen LogP contribution in [0.5, 0.6) is 0 Å². The van der Waals surface area contributed by atoms with Crippen molar-refractivity contribution in [1.82, 2.24) is 4.31 Å². The van der Waals surface area contributed by atoms with Crippen LogP contribution in [0.15, 0.2) is 29.2 Å². The molecule has 0 aliphatic rings. The van der Waals surface area contributed by atoms with E-state index in [0.717, 1.165) is 4.31 Å². The first-order valence-electron chi connectivity index (χ1n) is 5.78. The number of hydrogen-bond acceptors (Lipinski definition) is 4. The Balaban J connectivity index is 3.01. The summed E-state index contributed by atoms with van der Waals surface area (Å²) in [6, 6.07) is 5.67. The van der Waals surface area contributed by atoms with Gasteiger partial charge in [-0.15, -0.1) is 11.6 Å². The Hall–Kier alpha value is -0.830. The Morgan fingerprint density at radius 3 is 2.40 bits per heavy atom. The lowest BCUT2D eigenvalue weighted by Gasteiger charge is -2.13. The molecule has 0 aliphatic heterocycles. The lowest BCUT2D eigenvalue weighted by molar-refractivity contribution is 0.521. The first kappa shape index (κ1) is 17.2. The van der Waals surface area contributed by atoms with Crippen molar-refractivity contribution in [3.05, 3.63) is 24.3 Å². The highest BCUT2D eigenvalue weighted by Gasteiger charge is 2.18. The zero-order valence-corrected chi connectivity index (χ0v) is 13.6. The average Bonchev–Trinajstić information content (AvgIpc) is 2.36. The molecule has 0 unspecified atom stereocenters. The molecule has 0 aromatic heterocycles. The largest absolute Gasteiger partial charge is 0.284 e. The maximum Gasteiger partial charge on any atom is 0.242 e. The van der Waals surface area contributed by atoms with Gasteiger partial charge in [-0.25, -0.2) is 21.1 Å². The van der Waals surface area contributed by atoms with Gasteiger partial charge in [0.1, 0.15) is 0 Å². The molecule has 20 heavy (non-hydrogen) atoms. The van der Waals surface area contributed by atoms with Crippen LogP contribution in [0.4, 0.5) is 5.69 Å². The highest BCUT2D eigenvalue weighted by Crippen LogP contribution is 2.19. The Morgan fingerprint density at radius 2 is 1.85 bits per heavy atom. The molecule has 0 spiro atoms. The Kier molecular flexibility index (Phi) is 5.81. The van der Waals surface area contributed by atoms with Crippen LogP contribution >= 0.6 is 11.6 Å². The summed E-state index contributed by atoms with van der Waals surface area (Å²) in [6.07, 6.45) is 0.326. The van der Waals surface area contributed by atoms with Crippen molar-refractivity contribution >= 4 is 37.3 Å². The smallest absolute Gasteiger partial charge is 0.242 e. The van der Waals surface area contributed by atoms with Crippen LogP contribution < -0.4 is 4.72 Å². The molecule has 114 valence electrons. The van der Waals surface area contributed by atoms with E-state index in [4.69, 9.17) is 11.6 Å². The first-order chi connectivity index (χ1) is 9.19. The molecule has 0 atom stereocenters. The molecule has 0 fully saturated rings. The van der Waals surface area contributed by atoms with Crippen molar-refractivity contribution in [3.8, 4) is 0 Å². The SMILES string of the molecule is CN(C)S(=O)(=O)c1cccc(NS(=O)(=O)CCCCl)c1. The summed E-state index contributed by atoms with van der Waals surface area (Å²) in [4.78, 5) is 0.0278. The number of nitrogens with zero attached hydrogens (tertiary/aromatic N) is 1. The second-order valence-electron chi connectivity index (χ2n) is 4.28. The number of hydrogen-bond donors (Lipinski definition) is 1. The molecule has 0 radical (unpaired) electrons. The van der Waals surface area contributed by atoms with Crippen LogP contribution in [0, 0.1) is 0 Å². The lowest BCUT2D eigenvalue weighted by Crippen LogP contribution is -2.22. The van der Waals surface area contributed by atoms with Crippen LogP contribution in [0.1, 0.15) is 6.42 Å². The van der Waals surface area contributed by atoms with E-state index in [0.29, 0.717) is 6.42 Å². The fraction of sp³-hybridized carbons (Fsp3) is 0.455. The molecule has 0 saturated carbocycles. The maximum absolute atomic E-state index is 12.0. The summed E-state index contributed by atoms with van der Waals surface area (Å²) in [6.45, 7) is 0. The second-order valence-corrected chi connectivity index (χ2v) is 8.65. The van der Waals surface area contributed by atoms with Gasteiger partial charge in [0.25, 0.3) is 0 Å². The zero-order chi connectivity index (χ0) is 15.4. The van der Waals surface area contributed by atoms with Crippen molar-refractivity contribution in [2.45, 2.75) is 11.3 Å². The standard InChI is InChI=1S/C11H17ClN2O4S2/c1-14(2)20(17,18)11-6-3-5-10(9-11)13-19(15,16)8-4-7-12/h3,5-6,9,13H,4,7-8H2,1-2H3. The molecule has 0 heterocycles. The number of nitrogens with one attached hydrogen (secondary N) is 1. The van der Waals surface area contributed by atoms with Crippen molar-refractivity contribution in [3.63, 3.8) is 0 Å². The number of benzene rings is 1. The fourth-order valence-corrected chi connectivity index (χ4v) is 3.76. The van der Waals surface area contributed by atoms with Crippen LogP contribution in [-0.2, 0) is 20.0 Å². The van der Waals surface area contributed by atoms with E-state index in [1.54, 1.807) is 0 Å². The van der Waals surface area contributed by atoms with E-state index < -0.39 is 20.0 Å². The van der Waals surface area contributed by atoms with Gasteiger partial charge in [-0.3, -0.25) is 4.72 Å². The summed E-state index contributed by atoms with van der Waals surface area (Å²) in [7, 11) is -4.30. The quantitative estimate of drug-likeness (QED) is 0.758. The predicted octanol–water partition coefficient (Wildman–Crippen LogP) is 1.31. The van der Waals surface area contributed by atoms with Crippen molar-refractivity contribution < 1.29 is 16.8 Å². The highest BCUT2D eigenvalue weighted by atomic mass is 35.5. The normalized spacial score (nSPS) is 12.6. The molecule has 1 aromatic rings. The van der Waals surface area contributed by atoms with E-state index in [-0.39, 0.29) is 22.2 Å². The van der Waals surface area contributed by atoms with Gasteiger partial charge in [0, 0.05) is 25.7 Å². The van der Waals surface area contributed by atoms with E-state index >= 15 is 0 Å². The number of alkyl halides is 1. The summed E-state index contributed by atoms with van der Waals surface area (Å²) < 4.78 is 50.8. The summed E-state index contributed by atoms with van der Waals surface area (Å²) >= 11 is 5.45. The molecule has 1 N–H and O–H groups in total. The topological polar surface area (TPSA) is 83.6 Å². The summed E-state index contributed by atoms with van der Waals surface area (Å²) in [5, 5.41) is 0. The van der Waals surface area contributed by atoms with E-state index in [1.807, 2.05) is 0 Å². The third-order valence-corrected chi connectivity index (χ3v) is 5.88. The van der Waals surface area contributed by atoms with Crippen LogP contribution in [0.25, 0.3) is 0 Å². The third kappa shape index (κ3) is 4.62. The number of anilines is 1. The minimum atomic E-state index is -3.59. The molecule has 0 amide bonds. The number of sulfonamides is 2. The van der Waals surface area contributed by atoms with E-state index in [9.17, 15) is 16.8 Å². The number of rotatable bonds is 7. The molecule has 0 saturated heterocycles. The van der Waals surface area contributed by atoms with Gasteiger partial charge < -0.3 is 0 Å². The Morgan fingerprint density at radius 1 is 1.20 bits per heavy atom. The molecule has 9 heteroatoms. The van der Waals surface area contributed by atoms with Crippen molar-refractivity contribution in [2.24, 2.45) is 0 Å². The minimum Gasteiger partial charge on any atom is -0.284 e. The summed E-state index contributed by atoms with van der Waals surface area (Å²) in [5.41, 5.74) is 0.211. The molecule has 0 bridgehead atoms. The van der Waals surface area contributed by atoms with E-state index in [1.165, 1.54) is 38.4 Å². The van der Waals surface area contributed by atoms with Gasteiger partial charge in [-0.05, 0) is 24.6 Å². The molecule has 1 aromatic carbocycles. The predicted molar refractivity (Wildman–Crippen MR) is 80.1 cm³/mol. The second kappa shape index (κ2) is 6.75. The fourth-order valence-electron chi connectivity index (χ4n) is 1.41. The van der Waals surface area contributed by atoms with Gasteiger partial charge in [-0.1, -0.05) is 6.07 Å². The van der Waals surface area contributed by atoms with Crippen LogP contribution in [-0.4, -0.2) is 46.9 Å². The zero-order valence-electron chi connectivity index (χ0n) is 11.2. The van der Waals surface area contributed by atoms with Gasteiger partial charge >= 0.3 is 0 Å². The summed E-state index contributed by atoms with van der Waals surface area (Å²) in [5.74, 6) is 0.136. The van der Waals surface area contributed by atoms with Gasteiger partial charge in [0.15, 0.2) is 0 Å². The highest BCUT2D eigenvalue weighted by molar-refractivity contribution is 7.92. The molecule has 6 nitrogen and oxygen atoms in total. The maximum atomic E-state index is 12.0. The molecule has 1 rings (SSSR count). The van der Waals surface area contributed by atoms with Crippen LogP contribution in [0.3, 0.4) is 0 Å². The van der Waals surface area contributed by atoms with Crippen molar-refractivity contribution in [2.75, 3.05) is 30.5 Å². The monoisotopic (exact) mass is 340 g/mol. The Bertz CT molecular complexity index is 657. The molecule has 0 aliphatic carbocycles. The Labute approximate surface area is 124 Å². The number of halogens is 1. The first-order valence-corrected chi connectivity index (χ1v) is 9.41.